The zero-order valence-corrected chi connectivity index (χ0v) is 15.3. The Kier molecular flexibility index (Phi) is 6.39. The number of nitrogens with zero attached hydrogens (tertiary/aromatic N) is 1. The van der Waals surface area contributed by atoms with E-state index in [0.717, 1.165) is 11.3 Å². The van der Waals surface area contributed by atoms with Crippen LogP contribution in [0, 0.1) is 5.82 Å². The van der Waals surface area contributed by atoms with Crippen molar-refractivity contribution < 1.29 is 9.18 Å². The molecule has 0 saturated carbocycles. The number of aromatic nitrogens is 1. The van der Waals surface area contributed by atoms with Gasteiger partial charge in [0.1, 0.15) is 11.5 Å². The highest BCUT2D eigenvalue weighted by Crippen LogP contribution is 2.12. The van der Waals surface area contributed by atoms with Crippen LogP contribution in [0.5, 0.6) is 0 Å². The van der Waals surface area contributed by atoms with E-state index in [1.165, 1.54) is 6.07 Å². The van der Waals surface area contributed by atoms with E-state index in [9.17, 15) is 9.18 Å². The highest BCUT2D eigenvalue weighted by Gasteiger charge is 2.07. The van der Waals surface area contributed by atoms with Crippen LogP contribution >= 0.6 is 11.6 Å². The molecule has 27 heavy (non-hydrogen) atoms. The lowest BCUT2D eigenvalue weighted by Gasteiger charge is -2.08. The second-order valence-corrected chi connectivity index (χ2v) is 6.45. The van der Waals surface area contributed by atoms with Gasteiger partial charge in [0, 0.05) is 23.7 Å². The van der Waals surface area contributed by atoms with E-state index in [2.05, 4.69) is 15.6 Å². The van der Waals surface area contributed by atoms with Crippen LogP contribution in [0.15, 0.2) is 66.9 Å². The minimum Gasteiger partial charge on any atom is -0.380 e. The zero-order valence-electron chi connectivity index (χ0n) is 14.6. The molecule has 1 amide bonds. The number of carbonyl (C=O) groups is 1. The van der Waals surface area contributed by atoms with E-state index in [4.69, 9.17) is 11.6 Å². The summed E-state index contributed by atoms with van der Waals surface area (Å²) in [6, 6.07) is 17.5. The van der Waals surface area contributed by atoms with Gasteiger partial charge in [-0.1, -0.05) is 41.9 Å². The summed E-state index contributed by atoms with van der Waals surface area (Å²) in [5, 5.41) is 6.62. The molecule has 0 unspecified atom stereocenters. The van der Waals surface area contributed by atoms with Crippen molar-refractivity contribution >= 4 is 23.2 Å². The second-order valence-electron chi connectivity index (χ2n) is 6.01. The fourth-order valence-corrected chi connectivity index (χ4v) is 2.66. The van der Waals surface area contributed by atoms with Gasteiger partial charge in [0.25, 0.3) is 5.91 Å². The largest absolute Gasteiger partial charge is 0.380 e. The first-order chi connectivity index (χ1) is 13.1. The Hall–Kier alpha value is -2.92. The molecule has 1 heterocycles. The Morgan fingerprint density at radius 3 is 2.52 bits per heavy atom. The fraction of sp³-hybridized carbons (Fsp3) is 0.143. The summed E-state index contributed by atoms with van der Waals surface area (Å²) in [4.78, 5) is 16.3. The number of pyridine rings is 1. The van der Waals surface area contributed by atoms with Crippen molar-refractivity contribution in [2.75, 3.05) is 11.9 Å². The monoisotopic (exact) mass is 383 g/mol. The molecule has 2 N–H and O–H groups in total. The first kappa shape index (κ1) is 18.9. The standard InChI is InChI=1S/C21H19ClFN3O/c22-17-7-5-15(6-8-17)11-12-24-21(27)20-10-9-18(14-26-20)25-13-16-3-1-2-4-19(16)23/h1-10,14,25H,11-13H2,(H,24,27). The number of nitrogens with one attached hydrogen (secondary N) is 2. The van der Waals surface area contributed by atoms with Gasteiger partial charge in [0.15, 0.2) is 0 Å². The van der Waals surface area contributed by atoms with Gasteiger partial charge in [0.05, 0.1) is 11.9 Å². The molecule has 0 aliphatic rings. The summed E-state index contributed by atoms with van der Waals surface area (Å²) in [6.45, 7) is 0.858. The Balaban J connectivity index is 1.48. The van der Waals surface area contributed by atoms with Crippen LogP contribution in [-0.4, -0.2) is 17.4 Å². The smallest absolute Gasteiger partial charge is 0.269 e. The van der Waals surface area contributed by atoms with Crippen LogP contribution in [0.2, 0.25) is 5.02 Å². The normalized spacial score (nSPS) is 10.4. The zero-order chi connectivity index (χ0) is 19.1. The summed E-state index contributed by atoms with van der Waals surface area (Å²) >= 11 is 5.85. The molecule has 0 saturated heterocycles. The molecule has 2 aromatic carbocycles. The van der Waals surface area contributed by atoms with Crippen LogP contribution in [0.25, 0.3) is 0 Å². The number of rotatable bonds is 7. The highest BCUT2D eigenvalue weighted by atomic mass is 35.5. The quantitative estimate of drug-likeness (QED) is 0.633. The minimum absolute atomic E-state index is 0.232. The Bertz CT molecular complexity index is 898. The maximum atomic E-state index is 13.6. The van der Waals surface area contributed by atoms with Crippen molar-refractivity contribution in [1.29, 1.82) is 0 Å². The Morgan fingerprint density at radius 2 is 1.81 bits per heavy atom. The molecule has 4 nitrogen and oxygen atoms in total. The topological polar surface area (TPSA) is 54.0 Å². The van der Waals surface area contributed by atoms with Crippen molar-refractivity contribution in [2.24, 2.45) is 0 Å². The van der Waals surface area contributed by atoms with E-state index in [1.54, 1.807) is 36.5 Å². The first-order valence-electron chi connectivity index (χ1n) is 8.58. The van der Waals surface area contributed by atoms with Gasteiger partial charge in [-0.3, -0.25) is 4.79 Å². The fourth-order valence-electron chi connectivity index (χ4n) is 2.53. The van der Waals surface area contributed by atoms with Crippen molar-refractivity contribution in [3.8, 4) is 0 Å². The first-order valence-corrected chi connectivity index (χ1v) is 8.95. The molecule has 138 valence electrons. The molecule has 6 heteroatoms. The summed E-state index contributed by atoms with van der Waals surface area (Å²) in [5.41, 5.74) is 2.72. The molecule has 1 aromatic heterocycles. The third-order valence-electron chi connectivity index (χ3n) is 4.05. The SMILES string of the molecule is O=C(NCCc1ccc(Cl)cc1)c1ccc(NCc2ccccc2F)cn1. The molecule has 0 fully saturated rings. The molecule has 0 radical (unpaired) electrons. The molecule has 0 bridgehead atoms. The molecule has 3 aromatic rings. The average molecular weight is 384 g/mol. The van der Waals surface area contributed by atoms with Crippen LogP contribution < -0.4 is 10.6 Å². The molecule has 3 rings (SSSR count). The van der Waals surface area contributed by atoms with Crippen molar-refractivity contribution in [3.05, 3.63) is 94.5 Å². The minimum atomic E-state index is -0.255. The third-order valence-corrected chi connectivity index (χ3v) is 4.30. The summed E-state index contributed by atoms with van der Waals surface area (Å²) in [7, 11) is 0. The number of amides is 1. The molecule has 0 aliphatic heterocycles. The third kappa shape index (κ3) is 5.53. The van der Waals surface area contributed by atoms with Crippen molar-refractivity contribution in [1.82, 2.24) is 10.3 Å². The van der Waals surface area contributed by atoms with E-state index < -0.39 is 0 Å². The van der Waals surface area contributed by atoms with Gasteiger partial charge in [-0.25, -0.2) is 9.37 Å². The number of halogens is 2. The Morgan fingerprint density at radius 1 is 1.04 bits per heavy atom. The predicted octanol–water partition coefficient (Wildman–Crippen LogP) is 4.46. The summed E-state index contributed by atoms with van der Waals surface area (Å²) in [6.07, 6.45) is 2.28. The number of benzene rings is 2. The van der Waals surface area contributed by atoms with Crippen molar-refractivity contribution in [3.63, 3.8) is 0 Å². The van der Waals surface area contributed by atoms with Gasteiger partial charge >= 0.3 is 0 Å². The molecular formula is C21H19ClFN3O. The molecule has 0 atom stereocenters. The van der Waals surface area contributed by atoms with Gasteiger partial charge < -0.3 is 10.6 Å². The van der Waals surface area contributed by atoms with Gasteiger partial charge in [-0.05, 0) is 42.3 Å². The lowest BCUT2D eigenvalue weighted by molar-refractivity contribution is 0.0949. The van der Waals surface area contributed by atoms with E-state index in [1.807, 2.05) is 24.3 Å². The maximum absolute atomic E-state index is 13.6. The number of hydrogen-bond donors (Lipinski definition) is 2. The molecular weight excluding hydrogens is 365 g/mol. The lowest BCUT2D eigenvalue weighted by atomic mass is 10.1. The van der Waals surface area contributed by atoms with E-state index in [0.29, 0.717) is 35.8 Å². The van der Waals surface area contributed by atoms with Crippen molar-refractivity contribution in [2.45, 2.75) is 13.0 Å². The van der Waals surface area contributed by atoms with Gasteiger partial charge in [-0.2, -0.15) is 0 Å². The maximum Gasteiger partial charge on any atom is 0.269 e. The number of hydrogen-bond acceptors (Lipinski definition) is 3. The van der Waals surface area contributed by atoms with Crippen LogP contribution in [0.4, 0.5) is 10.1 Å². The summed E-state index contributed by atoms with van der Waals surface area (Å²) in [5.74, 6) is -0.487. The average Bonchev–Trinajstić information content (AvgIpc) is 2.69. The molecule has 0 aliphatic carbocycles. The number of carbonyl (C=O) groups excluding carboxylic acids is 1. The highest BCUT2D eigenvalue weighted by molar-refractivity contribution is 6.30. The van der Waals surface area contributed by atoms with Gasteiger partial charge in [-0.15, -0.1) is 0 Å². The molecule has 0 spiro atoms. The number of anilines is 1. The van der Waals surface area contributed by atoms with E-state index >= 15 is 0 Å². The summed E-state index contributed by atoms with van der Waals surface area (Å²) < 4.78 is 13.6. The lowest BCUT2D eigenvalue weighted by Crippen LogP contribution is -2.26. The second kappa shape index (κ2) is 9.14. The van der Waals surface area contributed by atoms with E-state index in [-0.39, 0.29) is 11.7 Å². The van der Waals surface area contributed by atoms with Crippen LogP contribution in [-0.2, 0) is 13.0 Å². The van der Waals surface area contributed by atoms with Crippen LogP contribution in [0.3, 0.4) is 0 Å². The predicted molar refractivity (Wildman–Crippen MR) is 105 cm³/mol. The van der Waals surface area contributed by atoms with Gasteiger partial charge in [0.2, 0.25) is 0 Å². The Labute approximate surface area is 162 Å². The van der Waals surface area contributed by atoms with Crippen LogP contribution in [0.1, 0.15) is 21.6 Å².